The summed E-state index contributed by atoms with van der Waals surface area (Å²) in [6.07, 6.45) is 3.91. The molecular weight excluding hydrogens is 320 g/mol. The smallest absolute Gasteiger partial charge is 0.264 e. The molecule has 1 saturated carbocycles. The number of nitrogens with one attached hydrogen (secondary N) is 1. The second-order valence-corrected chi connectivity index (χ2v) is 7.27. The lowest BCUT2D eigenvalue weighted by molar-refractivity contribution is -0.125. The highest BCUT2D eigenvalue weighted by Crippen LogP contribution is 2.20. The first kappa shape index (κ1) is 17.4. The van der Waals surface area contributed by atoms with Crippen LogP contribution in [0.25, 0.3) is 0 Å². The predicted octanol–water partition coefficient (Wildman–Crippen LogP) is 0.858. The van der Waals surface area contributed by atoms with Crippen molar-refractivity contribution in [3.63, 3.8) is 0 Å². The number of primary amides is 1. The van der Waals surface area contributed by atoms with Gasteiger partial charge in [-0.2, -0.15) is 0 Å². The number of benzene rings is 1. The molecule has 23 heavy (non-hydrogen) atoms. The van der Waals surface area contributed by atoms with Gasteiger partial charge in [-0.25, -0.2) is 13.1 Å². The number of carbonyl (C=O) groups is 2. The van der Waals surface area contributed by atoms with Gasteiger partial charge in [0.15, 0.2) is 0 Å². The number of nitrogens with two attached hydrogens (primary N) is 1. The van der Waals surface area contributed by atoms with Gasteiger partial charge in [0.1, 0.15) is 6.61 Å². The SMILES string of the molecule is Cc1ccc(S(=O)(=O)NC(=O)COC2CCCC2)cc1C(N)=O. The molecule has 3 N–H and O–H groups in total. The van der Waals surface area contributed by atoms with Crippen LogP contribution in [0.1, 0.15) is 41.6 Å². The Morgan fingerprint density at radius 2 is 1.96 bits per heavy atom. The quantitative estimate of drug-likeness (QED) is 0.797. The molecule has 1 aliphatic carbocycles. The molecule has 0 aliphatic heterocycles. The maximum Gasteiger partial charge on any atom is 0.264 e. The third-order valence-electron chi connectivity index (χ3n) is 3.79. The van der Waals surface area contributed by atoms with E-state index in [1.807, 2.05) is 4.72 Å². The normalized spacial score (nSPS) is 15.5. The molecule has 0 aromatic heterocycles. The highest BCUT2D eigenvalue weighted by Gasteiger charge is 2.22. The molecule has 0 unspecified atom stereocenters. The Morgan fingerprint density at radius 1 is 1.30 bits per heavy atom. The average molecular weight is 340 g/mol. The molecule has 8 heteroatoms. The van der Waals surface area contributed by atoms with Crippen LogP contribution in [0.2, 0.25) is 0 Å². The standard InChI is InChI=1S/C15H20N2O5S/c1-10-6-7-12(8-13(10)15(16)19)23(20,21)17-14(18)9-22-11-4-2-3-5-11/h6-8,11H,2-5,9H2,1H3,(H2,16,19)(H,17,18). The monoisotopic (exact) mass is 340 g/mol. The first-order valence-electron chi connectivity index (χ1n) is 7.37. The van der Waals surface area contributed by atoms with Crippen LogP contribution < -0.4 is 10.5 Å². The number of carbonyl (C=O) groups excluding carboxylic acids is 2. The van der Waals surface area contributed by atoms with Crippen LogP contribution in [0.3, 0.4) is 0 Å². The fraction of sp³-hybridized carbons (Fsp3) is 0.467. The van der Waals surface area contributed by atoms with Gasteiger partial charge in [-0.15, -0.1) is 0 Å². The highest BCUT2D eigenvalue weighted by atomic mass is 32.2. The first-order valence-corrected chi connectivity index (χ1v) is 8.85. The second kappa shape index (κ2) is 7.10. The van der Waals surface area contributed by atoms with Crippen LogP contribution in [-0.4, -0.2) is 32.9 Å². The van der Waals surface area contributed by atoms with Crippen molar-refractivity contribution in [1.82, 2.24) is 4.72 Å². The Labute approximate surface area is 135 Å². The maximum absolute atomic E-state index is 12.2. The number of ether oxygens (including phenoxy) is 1. The van der Waals surface area contributed by atoms with Gasteiger partial charge in [-0.1, -0.05) is 18.9 Å². The van der Waals surface area contributed by atoms with Crippen LogP contribution in [0.4, 0.5) is 0 Å². The summed E-state index contributed by atoms with van der Waals surface area (Å²) in [4.78, 5) is 22.9. The van der Waals surface area contributed by atoms with E-state index in [1.165, 1.54) is 12.1 Å². The Hall–Kier alpha value is -1.93. The molecular formula is C15H20N2O5S. The molecule has 0 bridgehead atoms. The largest absolute Gasteiger partial charge is 0.368 e. The van der Waals surface area contributed by atoms with E-state index in [1.54, 1.807) is 6.92 Å². The van der Waals surface area contributed by atoms with E-state index in [0.29, 0.717) is 5.56 Å². The van der Waals surface area contributed by atoms with Crippen molar-refractivity contribution >= 4 is 21.8 Å². The van der Waals surface area contributed by atoms with Gasteiger partial charge in [0.05, 0.1) is 11.0 Å². The molecule has 0 heterocycles. The number of amides is 2. The Balaban J connectivity index is 2.04. The van der Waals surface area contributed by atoms with Crippen LogP contribution >= 0.6 is 0 Å². The highest BCUT2D eigenvalue weighted by molar-refractivity contribution is 7.90. The summed E-state index contributed by atoms with van der Waals surface area (Å²) in [5.41, 5.74) is 5.87. The minimum atomic E-state index is -4.07. The molecule has 1 aliphatic rings. The molecule has 1 fully saturated rings. The summed E-state index contributed by atoms with van der Waals surface area (Å²) < 4.78 is 31.7. The van der Waals surface area contributed by atoms with E-state index in [-0.39, 0.29) is 23.2 Å². The third kappa shape index (κ3) is 4.52. The molecule has 0 atom stereocenters. The number of hydrogen-bond donors (Lipinski definition) is 2. The van der Waals surface area contributed by atoms with E-state index in [4.69, 9.17) is 10.5 Å². The van der Waals surface area contributed by atoms with Crippen molar-refractivity contribution in [2.75, 3.05) is 6.61 Å². The fourth-order valence-electron chi connectivity index (χ4n) is 2.52. The van der Waals surface area contributed by atoms with Crippen molar-refractivity contribution in [2.24, 2.45) is 5.73 Å². The zero-order valence-corrected chi connectivity index (χ0v) is 13.7. The van der Waals surface area contributed by atoms with Crippen LogP contribution in [0.15, 0.2) is 23.1 Å². The van der Waals surface area contributed by atoms with E-state index >= 15 is 0 Å². The lowest BCUT2D eigenvalue weighted by atomic mass is 10.1. The van der Waals surface area contributed by atoms with Crippen molar-refractivity contribution in [3.8, 4) is 0 Å². The van der Waals surface area contributed by atoms with Crippen molar-refractivity contribution < 1.29 is 22.7 Å². The van der Waals surface area contributed by atoms with Gasteiger partial charge in [0.25, 0.3) is 15.9 Å². The Bertz CT molecular complexity index is 709. The minimum Gasteiger partial charge on any atom is -0.368 e. The molecule has 7 nitrogen and oxygen atoms in total. The molecule has 0 radical (unpaired) electrons. The zero-order chi connectivity index (χ0) is 17.0. The van der Waals surface area contributed by atoms with Crippen molar-refractivity contribution in [3.05, 3.63) is 29.3 Å². The second-order valence-electron chi connectivity index (χ2n) is 5.59. The molecule has 1 aromatic rings. The fourth-order valence-corrected chi connectivity index (χ4v) is 3.52. The molecule has 126 valence electrons. The predicted molar refractivity (Wildman–Crippen MR) is 83.2 cm³/mol. The lowest BCUT2D eigenvalue weighted by Gasteiger charge is -2.12. The van der Waals surface area contributed by atoms with Crippen molar-refractivity contribution in [1.29, 1.82) is 0 Å². The van der Waals surface area contributed by atoms with Gasteiger partial charge >= 0.3 is 0 Å². The summed E-state index contributed by atoms with van der Waals surface area (Å²) in [6, 6.07) is 3.94. The van der Waals surface area contributed by atoms with Gasteiger partial charge < -0.3 is 10.5 Å². The molecule has 2 rings (SSSR count). The van der Waals surface area contributed by atoms with E-state index in [2.05, 4.69) is 0 Å². The molecule has 0 spiro atoms. The Morgan fingerprint density at radius 3 is 2.57 bits per heavy atom. The van der Waals surface area contributed by atoms with Gasteiger partial charge in [-0.3, -0.25) is 9.59 Å². The van der Waals surface area contributed by atoms with Gasteiger partial charge in [-0.05, 0) is 37.5 Å². The van der Waals surface area contributed by atoms with Crippen LogP contribution in [0.5, 0.6) is 0 Å². The minimum absolute atomic E-state index is 0.0179. The van der Waals surface area contributed by atoms with Crippen LogP contribution in [-0.2, 0) is 19.6 Å². The molecule has 0 saturated heterocycles. The number of sulfonamides is 1. The lowest BCUT2D eigenvalue weighted by Crippen LogP contribution is -2.34. The summed E-state index contributed by atoms with van der Waals surface area (Å²) in [5.74, 6) is -1.46. The Kier molecular flexibility index (Phi) is 5.38. The average Bonchev–Trinajstić information content (AvgIpc) is 2.98. The zero-order valence-electron chi connectivity index (χ0n) is 12.9. The maximum atomic E-state index is 12.2. The van der Waals surface area contributed by atoms with E-state index in [0.717, 1.165) is 31.7 Å². The number of hydrogen-bond acceptors (Lipinski definition) is 5. The molecule has 2 amide bonds. The van der Waals surface area contributed by atoms with Crippen LogP contribution in [0, 0.1) is 6.92 Å². The van der Waals surface area contributed by atoms with Gasteiger partial charge in [0.2, 0.25) is 5.91 Å². The summed E-state index contributed by atoms with van der Waals surface area (Å²) in [6.45, 7) is 1.34. The van der Waals surface area contributed by atoms with E-state index in [9.17, 15) is 18.0 Å². The first-order chi connectivity index (χ1) is 10.8. The summed E-state index contributed by atoms with van der Waals surface area (Å²) >= 11 is 0. The number of rotatable bonds is 6. The summed E-state index contributed by atoms with van der Waals surface area (Å²) in [7, 11) is -4.07. The van der Waals surface area contributed by atoms with Crippen molar-refractivity contribution in [2.45, 2.75) is 43.6 Å². The topological polar surface area (TPSA) is 116 Å². The van der Waals surface area contributed by atoms with E-state index < -0.39 is 21.8 Å². The number of aryl methyl sites for hydroxylation is 1. The molecule has 1 aromatic carbocycles. The summed E-state index contributed by atoms with van der Waals surface area (Å²) in [5, 5.41) is 0. The third-order valence-corrected chi connectivity index (χ3v) is 5.16. The van der Waals surface area contributed by atoms with Gasteiger partial charge in [0, 0.05) is 5.56 Å².